The van der Waals surface area contributed by atoms with Crippen LogP contribution in [0, 0.1) is 0 Å². The van der Waals surface area contributed by atoms with E-state index in [4.69, 9.17) is 0 Å². The monoisotopic (exact) mass is 592 g/mol. The van der Waals surface area contributed by atoms with Gasteiger partial charge in [-0.15, -0.1) is 11.3 Å². The van der Waals surface area contributed by atoms with Gasteiger partial charge in [-0.25, -0.2) is 0 Å². The highest BCUT2D eigenvalue weighted by atomic mass is 32.1. The van der Waals surface area contributed by atoms with Gasteiger partial charge in [0.15, 0.2) is 0 Å². The van der Waals surface area contributed by atoms with Crippen molar-refractivity contribution in [1.29, 1.82) is 0 Å². The van der Waals surface area contributed by atoms with Crippen molar-refractivity contribution in [3.05, 3.63) is 170 Å². The SMILES string of the molecule is c1ccc(N(c2ccccc2)c2cc(-c3ccc4sc5ccccc5c4c3)cc(-n3c4ccccc4c4ccccc43)c2)cc1. The average molecular weight is 593 g/mol. The Morgan fingerprint density at radius 2 is 0.933 bits per heavy atom. The Balaban J connectivity index is 1.35. The zero-order valence-electron chi connectivity index (χ0n) is 24.5. The van der Waals surface area contributed by atoms with E-state index in [9.17, 15) is 0 Å². The maximum Gasteiger partial charge on any atom is 0.0541 e. The second-order valence-electron chi connectivity index (χ2n) is 11.4. The Bertz CT molecular complexity index is 2400. The first-order valence-corrected chi connectivity index (χ1v) is 16.1. The van der Waals surface area contributed by atoms with E-state index in [1.54, 1.807) is 0 Å². The lowest BCUT2D eigenvalue weighted by atomic mass is 10.0. The van der Waals surface area contributed by atoms with E-state index in [0.717, 1.165) is 22.7 Å². The molecule has 0 atom stereocenters. The highest BCUT2D eigenvalue weighted by Gasteiger charge is 2.18. The smallest absolute Gasteiger partial charge is 0.0541 e. The van der Waals surface area contributed by atoms with Gasteiger partial charge in [0.05, 0.1) is 11.0 Å². The lowest BCUT2D eigenvalue weighted by molar-refractivity contribution is 1.17. The minimum absolute atomic E-state index is 1.11. The van der Waals surface area contributed by atoms with E-state index in [1.165, 1.54) is 53.1 Å². The Morgan fingerprint density at radius 3 is 1.60 bits per heavy atom. The van der Waals surface area contributed by atoms with Crippen molar-refractivity contribution >= 4 is 70.4 Å². The Morgan fingerprint density at radius 1 is 0.378 bits per heavy atom. The van der Waals surface area contributed by atoms with Gasteiger partial charge < -0.3 is 9.47 Å². The van der Waals surface area contributed by atoms with Crippen molar-refractivity contribution < 1.29 is 0 Å². The quantitative estimate of drug-likeness (QED) is 0.193. The number of rotatable bonds is 5. The lowest BCUT2D eigenvalue weighted by Gasteiger charge is -2.27. The van der Waals surface area contributed by atoms with Crippen LogP contribution in [0.1, 0.15) is 0 Å². The first kappa shape index (κ1) is 25.8. The van der Waals surface area contributed by atoms with Crippen molar-refractivity contribution in [2.24, 2.45) is 0 Å². The largest absolute Gasteiger partial charge is 0.310 e. The molecule has 0 fully saturated rings. The standard InChI is InChI=1S/C42H28N2S/c1-3-13-31(14-4-1)43(32-15-5-2-6-16-32)33-25-30(29-23-24-42-38(27-29)37-19-9-12-22-41(37)45-42)26-34(28-33)44-39-20-10-7-17-35(39)36-18-8-11-21-40(36)44/h1-28H. The van der Waals surface area contributed by atoms with E-state index < -0.39 is 0 Å². The van der Waals surface area contributed by atoms with Gasteiger partial charge in [0.1, 0.15) is 0 Å². The number of para-hydroxylation sites is 4. The summed E-state index contributed by atoms with van der Waals surface area (Å²) in [4.78, 5) is 2.36. The Hall–Kier alpha value is -5.64. The van der Waals surface area contributed by atoms with Crippen LogP contribution in [0.5, 0.6) is 0 Å². The zero-order valence-corrected chi connectivity index (χ0v) is 25.3. The van der Waals surface area contributed by atoms with Crippen LogP contribution in [0.15, 0.2) is 170 Å². The fourth-order valence-corrected chi connectivity index (χ4v) is 7.81. The molecule has 0 aliphatic heterocycles. The molecule has 0 N–H and O–H groups in total. The predicted molar refractivity (Wildman–Crippen MR) is 194 cm³/mol. The second-order valence-corrected chi connectivity index (χ2v) is 12.5. The fourth-order valence-electron chi connectivity index (χ4n) is 6.73. The summed E-state index contributed by atoms with van der Waals surface area (Å²) in [7, 11) is 0. The number of benzene rings is 7. The van der Waals surface area contributed by atoms with E-state index in [0.29, 0.717) is 0 Å². The van der Waals surface area contributed by atoms with Gasteiger partial charge >= 0.3 is 0 Å². The normalized spacial score (nSPS) is 11.6. The van der Waals surface area contributed by atoms with Crippen LogP contribution in [0.2, 0.25) is 0 Å². The first-order chi connectivity index (χ1) is 22.3. The number of nitrogens with zero attached hydrogens (tertiary/aromatic N) is 2. The third kappa shape index (κ3) is 4.32. The Labute approximate surface area is 265 Å². The highest BCUT2D eigenvalue weighted by molar-refractivity contribution is 7.25. The number of thiophene rings is 1. The Kier molecular flexibility index (Phi) is 6.03. The minimum atomic E-state index is 1.11. The molecule has 45 heavy (non-hydrogen) atoms. The predicted octanol–water partition coefficient (Wildman–Crippen LogP) is 12.3. The van der Waals surface area contributed by atoms with Gasteiger partial charge in [0.2, 0.25) is 0 Å². The van der Waals surface area contributed by atoms with Crippen molar-refractivity contribution in [2.45, 2.75) is 0 Å². The average Bonchev–Trinajstić information content (AvgIpc) is 3.65. The molecule has 0 saturated heterocycles. The molecule has 0 unspecified atom stereocenters. The molecule has 2 heterocycles. The molecule has 3 heteroatoms. The van der Waals surface area contributed by atoms with Crippen LogP contribution in [0.25, 0.3) is 58.8 Å². The molecular weight excluding hydrogens is 565 g/mol. The van der Waals surface area contributed by atoms with Gasteiger partial charge in [-0.1, -0.05) is 97.1 Å². The summed E-state index contributed by atoms with van der Waals surface area (Å²) in [5.41, 5.74) is 9.26. The van der Waals surface area contributed by atoms with E-state index in [2.05, 4.69) is 179 Å². The molecule has 0 bridgehead atoms. The van der Waals surface area contributed by atoms with Gasteiger partial charge in [-0.05, 0) is 83.9 Å². The maximum absolute atomic E-state index is 2.42. The molecule has 0 spiro atoms. The molecule has 0 aliphatic carbocycles. The summed E-state index contributed by atoms with van der Waals surface area (Å²) in [6.45, 7) is 0. The van der Waals surface area contributed by atoms with Crippen molar-refractivity contribution in [2.75, 3.05) is 4.90 Å². The minimum Gasteiger partial charge on any atom is -0.310 e. The third-order valence-electron chi connectivity index (χ3n) is 8.74. The van der Waals surface area contributed by atoms with E-state index in [1.807, 2.05) is 11.3 Å². The second kappa shape index (κ2) is 10.5. The summed E-state index contributed by atoms with van der Waals surface area (Å²) >= 11 is 1.86. The summed E-state index contributed by atoms with van der Waals surface area (Å²) in [6, 6.07) is 61.5. The van der Waals surface area contributed by atoms with Crippen LogP contribution in [-0.4, -0.2) is 4.57 Å². The summed E-state index contributed by atoms with van der Waals surface area (Å²) in [6.07, 6.45) is 0. The molecule has 2 nitrogen and oxygen atoms in total. The molecular formula is C42H28N2S. The lowest BCUT2D eigenvalue weighted by Crippen LogP contribution is -2.10. The molecule has 0 aliphatic rings. The summed E-state index contributed by atoms with van der Waals surface area (Å²) in [5.74, 6) is 0. The fraction of sp³-hybridized carbons (Fsp3) is 0. The van der Waals surface area contributed by atoms with Gasteiger partial charge in [0.25, 0.3) is 0 Å². The number of fused-ring (bicyclic) bond motifs is 6. The van der Waals surface area contributed by atoms with Crippen LogP contribution < -0.4 is 4.90 Å². The van der Waals surface area contributed by atoms with Crippen molar-refractivity contribution in [3.8, 4) is 16.8 Å². The van der Waals surface area contributed by atoms with E-state index >= 15 is 0 Å². The topological polar surface area (TPSA) is 8.17 Å². The highest BCUT2D eigenvalue weighted by Crippen LogP contribution is 2.42. The third-order valence-corrected chi connectivity index (χ3v) is 9.89. The molecule has 9 aromatic rings. The van der Waals surface area contributed by atoms with Gasteiger partial charge in [-0.3, -0.25) is 0 Å². The molecule has 0 radical (unpaired) electrons. The number of anilines is 3. The van der Waals surface area contributed by atoms with E-state index in [-0.39, 0.29) is 0 Å². The van der Waals surface area contributed by atoms with Crippen molar-refractivity contribution in [1.82, 2.24) is 4.57 Å². The molecule has 7 aromatic carbocycles. The maximum atomic E-state index is 2.42. The van der Waals surface area contributed by atoms with Gasteiger partial charge in [0, 0.05) is 53.7 Å². The molecule has 2 aromatic heterocycles. The molecule has 9 rings (SSSR count). The number of hydrogen-bond acceptors (Lipinski definition) is 2. The number of hydrogen-bond donors (Lipinski definition) is 0. The van der Waals surface area contributed by atoms with Crippen LogP contribution >= 0.6 is 11.3 Å². The van der Waals surface area contributed by atoms with Crippen LogP contribution in [0.4, 0.5) is 17.1 Å². The first-order valence-electron chi connectivity index (χ1n) is 15.3. The number of aromatic nitrogens is 1. The molecule has 0 saturated carbocycles. The summed E-state index contributed by atoms with van der Waals surface area (Å²) in [5, 5.41) is 5.14. The van der Waals surface area contributed by atoms with Crippen LogP contribution in [0.3, 0.4) is 0 Å². The van der Waals surface area contributed by atoms with Gasteiger partial charge in [-0.2, -0.15) is 0 Å². The van der Waals surface area contributed by atoms with Crippen LogP contribution in [-0.2, 0) is 0 Å². The summed E-state index contributed by atoms with van der Waals surface area (Å²) < 4.78 is 5.06. The van der Waals surface area contributed by atoms with Crippen molar-refractivity contribution in [3.63, 3.8) is 0 Å². The molecule has 0 amide bonds. The molecule has 212 valence electrons. The zero-order chi connectivity index (χ0) is 29.7.